The highest BCUT2D eigenvalue weighted by atomic mass is 16.6. The molecule has 3 N–H and O–H groups in total. The van der Waals surface area contributed by atoms with Crippen LogP contribution >= 0.6 is 0 Å². The quantitative estimate of drug-likeness (QED) is 0.552. The van der Waals surface area contributed by atoms with Crippen LogP contribution in [0.5, 0.6) is 0 Å². The summed E-state index contributed by atoms with van der Waals surface area (Å²) in [6.07, 6.45) is 1.21. The topological polar surface area (TPSA) is 122 Å². The van der Waals surface area contributed by atoms with E-state index in [1.807, 2.05) is 0 Å². The summed E-state index contributed by atoms with van der Waals surface area (Å²) >= 11 is 0. The lowest BCUT2D eigenvalue weighted by Crippen LogP contribution is -2.43. The van der Waals surface area contributed by atoms with Gasteiger partial charge >= 0.3 is 12.0 Å². The van der Waals surface area contributed by atoms with E-state index in [4.69, 9.17) is 5.11 Å². The van der Waals surface area contributed by atoms with Gasteiger partial charge in [0.15, 0.2) is 0 Å². The molecule has 1 atom stereocenters. The maximum atomic E-state index is 11.3. The Kier molecular flexibility index (Phi) is 3.15. The van der Waals surface area contributed by atoms with Crippen molar-refractivity contribution in [2.75, 3.05) is 0 Å². The van der Waals surface area contributed by atoms with Gasteiger partial charge in [-0.1, -0.05) is 12.1 Å². The molecule has 2 amide bonds. The molecule has 1 aliphatic heterocycles. The van der Waals surface area contributed by atoms with Crippen LogP contribution in [0.1, 0.15) is 11.6 Å². The van der Waals surface area contributed by atoms with Crippen LogP contribution in [0.3, 0.4) is 0 Å². The minimum Gasteiger partial charge on any atom is -0.477 e. The predicted octanol–water partition coefficient (Wildman–Crippen LogP) is 0.917. The fraction of sp³-hybridized carbons (Fsp3) is 0.0909. The first-order chi connectivity index (χ1) is 8.99. The summed E-state index contributed by atoms with van der Waals surface area (Å²) in [6.45, 7) is 0. The third-order valence-corrected chi connectivity index (χ3v) is 2.57. The molecule has 98 valence electrons. The summed E-state index contributed by atoms with van der Waals surface area (Å²) in [7, 11) is 0. The molecule has 0 radical (unpaired) electrons. The molecule has 0 saturated carbocycles. The second kappa shape index (κ2) is 4.77. The molecule has 0 aliphatic carbocycles. The Balaban J connectivity index is 2.46. The lowest BCUT2D eigenvalue weighted by molar-refractivity contribution is -0.385. The number of nitro groups is 1. The molecule has 0 saturated heterocycles. The first-order valence-corrected chi connectivity index (χ1v) is 5.25. The summed E-state index contributed by atoms with van der Waals surface area (Å²) in [5.74, 6) is -1.31. The van der Waals surface area contributed by atoms with Crippen LogP contribution in [-0.2, 0) is 4.79 Å². The van der Waals surface area contributed by atoms with E-state index in [0.717, 1.165) is 0 Å². The summed E-state index contributed by atoms with van der Waals surface area (Å²) in [6, 6.07) is 4.24. The van der Waals surface area contributed by atoms with Crippen LogP contribution in [0.4, 0.5) is 10.5 Å². The van der Waals surface area contributed by atoms with Gasteiger partial charge in [-0.3, -0.25) is 10.1 Å². The largest absolute Gasteiger partial charge is 0.477 e. The minimum atomic E-state index is -1.31. The Labute approximate surface area is 106 Å². The van der Waals surface area contributed by atoms with E-state index in [-0.39, 0.29) is 16.9 Å². The number of carbonyl (C=O) groups excluding carboxylic acids is 1. The number of nitro benzene ring substituents is 1. The maximum absolute atomic E-state index is 11.3. The van der Waals surface area contributed by atoms with Gasteiger partial charge in [0, 0.05) is 6.07 Å². The number of carbonyl (C=O) groups is 2. The summed E-state index contributed by atoms with van der Waals surface area (Å²) in [5.41, 5.74) is -0.274. The Morgan fingerprint density at radius 3 is 2.68 bits per heavy atom. The molecule has 8 heteroatoms. The highest BCUT2D eigenvalue weighted by molar-refractivity contribution is 5.93. The van der Waals surface area contributed by atoms with E-state index in [2.05, 4.69) is 10.6 Å². The van der Waals surface area contributed by atoms with E-state index in [0.29, 0.717) is 0 Å². The highest BCUT2D eigenvalue weighted by Gasteiger charge is 2.27. The zero-order valence-electron chi connectivity index (χ0n) is 9.49. The van der Waals surface area contributed by atoms with Crippen LogP contribution in [0.2, 0.25) is 0 Å². The molecule has 2 rings (SSSR count). The molecule has 1 aliphatic rings. The number of nitrogens with one attached hydrogen (secondary N) is 2. The molecule has 0 aromatic heterocycles. The second-order valence-corrected chi connectivity index (χ2v) is 3.78. The molecule has 0 bridgehead atoms. The number of carboxylic acids is 1. The fourth-order valence-corrected chi connectivity index (χ4v) is 1.76. The van der Waals surface area contributed by atoms with E-state index in [1.54, 1.807) is 6.07 Å². The van der Waals surface area contributed by atoms with Gasteiger partial charge in [0.25, 0.3) is 5.69 Å². The molecule has 8 nitrogen and oxygen atoms in total. The SMILES string of the molecule is O=C1NC(C(=O)O)=C[C@@H](c2ccccc2[N+](=O)[O-])N1. The molecule has 1 heterocycles. The number of benzene rings is 1. The van der Waals surface area contributed by atoms with Crippen LogP contribution in [-0.4, -0.2) is 22.0 Å². The summed E-state index contributed by atoms with van der Waals surface area (Å²) in [4.78, 5) is 32.5. The van der Waals surface area contributed by atoms with E-state index < -0.39 is 23.0 Å². The fourth-order valence-electron chi connectivity index (χ4n) is 1.76. The molecule has 19 heavy (non-hydrogen) atoms. The molecule has 0 fully saturated rings. The number of carboxylic acid groups (broad SMARTS) is 1. The first-order valence-electron chi connectivity index (χ1n) is 5.25. The highest BCUT2D eigenvalue weighted by Crippen LogP contribution is 2.27. The van der Waals surface area contributed by atoms with Crippen molar-refractivity contribution in [2.24, 2.45) is 0 Å². The number of amides is 2. The number of rotatable bonds is 3. The molecule has 0 unspecified atom stereocenters. The molecule has 0 spiro atoms. The Morgan fingerprint density at radius 2 is 2.05 bits per heavy atom. The smallest absolute Gasteiger partial charge is 0.352 e. The lowest BCUT2D eigenvalue weighted by atomic mass is 10.0. The van der Waals surface area contributed by atoms with Gasteiger partial charge in [-0.2, -0.15) is 0 Å². The Hall–Kier alpha value is -2.90. The molecular weight excluding hydrogens is 254 g/mol. The number of para-hydroxylation sites is 1. The van der Waals surface area contributed by atoms with Crippen molar-refractivity contribution in [1.82, 2.24) is 10.6 Å². The third kappa shape index (κ3) is 2.51. The zero-order valence-corrected chi connectivity index (χ0v) is 9.49. The van der Waals surface area contributed by atoms with Crippen molar-refractivity contribution in [1.29, 1.82) is 0 Å². The number of aliphatic carboxylic acids is 1. The van der Waals surface area contributed by atoms with Crippen molar-refractivity contribution < 1.29 is 19.6 Å². The van der Waals surface area contributed by atoms with Gasteiger partial charge in [0.2, 0.25) is 0 Å². The number of hydrogen-bond donors (Lipinski definition) is 3. The lowest BCUT2D eigenvalue weighted by Gasteiger charge is -2.21. The first kappa shape index (κ1) is 12.6. The van der Waals surface area contributed by atoms with Gasteiger partial charge < -0.3 is 15.7 Å². The molecule has 1 aromatic rings. The monoisotopic (exact) mass is 263 g/mol. The average Bonchev–Trinajstić information content (AvgIpc) is 2.37. The van der Waals surface area contributed by atoms with E-state index in [1.165, 1.54) is 24.3 Å². The van der Waals surface area contributed by atoms with E-state index >= 15 is 0 Å². The number of hydrogen-bond acceptors (Lipinski definition) is 4. The zero-order chi connectivity index (χ0) is 14.0. The second-order valence-electron chi connectivity index (χ2n) is 3.78. The van der Waals surface area contributed by atoms with Gasteiger partial charge in [-0.15, -0.1) is 0 Å². The summed E-state index contributed by atoms with van der Waals surface area (Å²) < 4.78 is 0. The normalized spacial score (nSPS) is 18.0. The van der Waals surface area contributed by atoms with Gasteiger partial charge in [-0.05, 0) is 12.1 Å². The average molecular weight is 263 g/mol. The van der Waals surface area contributed by atoms with Crippen molar-refractivity contribution in [3.8, 4) is 0 Å². The maximum Gasteiger partial charge on any atom is 0.352 e. The van der Waals surface area contributed by atoms with Crippen molar-refractivity contribution in [2.45, 2.75) is 6.04 Å². The molecular formula is C11H9N3O5. The summed E-state index contributed by atoms with van der Waals surface area (Å²) in [5, 5.41) is 24.3. The predicted molar refractivity (Wildman–Crippen MR) is 63.2 cm³/mol. The van der Waals surface area contributed by atoms with Crippen molar-refractivity contribution >= 4 is 17.7 Å². The Morgan fingerprint density at radius 1 is 1.37 bits per heavy atom. The number of urea groups is 1. The van der Waals surface area contributed by atoms with Crippen LogP contribution in [0.25, 0.3) is 0 Å². The van der Waals surface area contributed by atoms with Gasteiger partial charge in [-0.25, -0.2) is 9.59 Å². The van der Waals surface area contributed by atoms with Crippen LogP contribution < -0.4 is 10.6 Å². The minimum absolute atomic E-state index is 0.185. The number of nitrogens with zero attached hydrogens (tertiary/aromatic N) is 1. The standard InChI is InChI=1S/C11H9N3O5/c15-10(16)8-5-7(12-11(17)13-8)6-3-1-2-4-9(6)14(18)19/h1-5,7H,(H,15,16)(H2,12,13,17)/t7-/m0/s1. The van der Waals surface area contributed by atoms with Crippen molar-refractivity contribution in [3.05, 3.63) is 51.7 Å². The third-order valence-electron chi connectivity index (χ3n) is 2.57. The van der Waals surface area contributed by atoms with Crippen LogP contribution in [0, 0.1) is 10.1 Å². The van der Waals surface area contributed by atoms with Gasteiger partial charge in [0.1, 0.15) is 5.70 Å². The molecule has 1 aromatic carbocycles. The van der Waals surface area contributed by atoms with Crippen molar-refractivity contribution in [3.63, 3.8) is 0 Å². The van der Waals surface area contributed by atoms with Crippen LogP contribution in [0.15, 0.2) is 36.0 Å². The Bertz CT molecular complexity index is 596. The van der Waals surface area contributed by atoms with E-state index in [9.17, 15) is 19.7 Å². The van der Waals surface area contributed by atoms with Gasteiger partial charge in [0.05, 0.1) is 16.5 Å².